The first kappa shape index (κ1) is 15.8. The molecule has 0 aromatic heterocycles. The van der Waals surface area contributed by atoms with Gasteiger partial charge in [-0.2, -0.15) is 0 Å². The fourth-order valence-corrected chi connectivity index (χ4v) is 3.46. The zero-order valence-electron chi connectivity index (χ0n) is 11.4. The van der Waals surface area contributed by atoms with Gasteiger partial charge in [0.2, 0.25) is 5.91 Å². The van der Waals surface area contributed by atoms with E-state index in [2.05, 4.69) is 11.8 Å². The molecule has 0 bridgehead atoms. The Hall–Kier alpha value is -0.280. The average molecular weight is 275 g/mol. The van der Waals surface area contributed by atoms with Gasteiger partial charge in [0.05, 0.1) is 0 Å². The molecular formula is C14H27ClN2O. The molecule has 3 nitrogen and oxygen atoms in total. The minimum Gasteiger partial charge on any atom is -0.340 e. The summed E-state index contributed by atoms with van der Waals surface area (Å²) in [5.41, 5.74) is 5.79. The number of carbonyl (C=O) groups excluding carboxylic acids is 1. The highest BCUT2D eigenvalue weighted by Gasteiger charge is 2.36. The van der Waals surface area contributed by atoms with E-state index in [9.17, 15) is 4.79 Å². The molecule has 1 saturated heterocycles. The number of hydrogen-bond acceptors (Lipinski definition) is 2. The van der Waals surface area contributed by atoms with Gasteiger partial charge in [-0.1, -0.05) is 19.3 Å². The van der Waals surface area contributed by atoms with Crippen LogP contribution in [0.25, 0.3) is 0 Å². The van der Waals surface area contributed by atoms with Gasteiger partial charge in [-0.15, -0.1) is 12.4 Å². The molecule has 106 valence electrons. The Morgan fingerprint density at radius 3 is 2.67 bits per heavy atom. The molecular weight excluding hydrogens is 248 g/mol. The molecule has 1 aliphatic carbocycles. The van der Waals surface area contributed by atoms with E-state index in [1.807, 2.05) is 0 Å². The van der Waals surface area contributed by atoms with E-state index in [1.54, 1.807) is 0 Å². The third-order valence-corrected chi connectivity index (χ3v) is 4.62. The molecule has 18 heavy (non-hydrogen) atoms. The molecule has 0 radical (unpaired) electrons. The highest BCUT2D eigenvalue weighted by atomic mass is 35.5. The Labute approximate surface area is 117 Å². The fraction of sp³-hybridized carbons (Fsp3) is 0.929. The summed E-state index contributed by atoms with van der Waals surface area (Å²) in [5.74, 6) is 1.06. The number of rotatable bonds is 2. The summed E-state index contributed by atoms with van der Waals surface area (Å²) in [6.07, 6.45) is 8.29. The molecule has 2 rings (SSSR count). The molecule has 2 fully saturated rings. The Bertz CT molecular complexity index is 273. The second kappa shape index (κ2) is 7.34. The number of carbonyl (C=O) groups is 1. The zero-order chi connectivity index (χ0) is 12.3. The van der Waals surface area contributed by atoms with Crippen LogP contribution >= 0.6 is 12.4 Å². The van der Waals surface area contributed by atoms with Crippen LogP contribution in [0.1, 0.15) is 51.9 Å². The highest BCUT2D eigenvalue weighted by Crippen LogP contribution is 2.33. The molecule has 0 aromatic rings. The van der Waals surface area contributed by atoms with Crippen LogP contribution in [-0.4, -0.2) is 29.9 Å². The summed E-state index contributed by atoms with van der Waals surface area (Å²) < 4.78 is 0. The molecule has 1 saturated carbocycles. The number of halogens is 1. The van der Waals surface area contributed by atoms with Crippen molar-refractivity contribution in [3.8, 4) is 0 Å². The summed E-state index contributed by atoms with van der Waals surface area (Å²) in [6.45, 7) is 3.85. The van der Waals surface area contributed by atoms with Crippen LogP contribution in [0.4, 0.5) is 0 Å². The van der Waals surface area contributed by atoms with Gasteiger partial charge in [-0.3, -0.25) is 4.79 Å². The molecule has 2 N–H and O–H groups in total. The predicted molar refractivity (Wildman–Crippen MR) is 76.8 cm³/mol. The number of likely N-dealkylation sites (tertiary alicyclic amines) is 1. The van der Waals surface area contributed by atoms with Gasteiger partial charge in [-0.05, 0) is 45.1 Å². The zero-order valence-corrected chi connectivity index (χ0v) is 12.3. The van der Waals surface area contributed by atoms with Crippen molar-refractivity contribution in [2.24, 2.45) is 17.6 Å². The minimum atomic E-state index is 0. The monoisotopic (exact) mass is 274 g/mol. The SMILES string of the molecule is CC1CCCCCN1C(=O)[C@@H]1CCC[C@@H]1CN.Cl. The van der Waals surface area contributed by atoms with Crippen LogP contribution in [0.5, 0.6) is 0 Å². The summed E-state index contributed by atoms with van der Waals surface area (Å²) in [5, 5.41) is 0. The first-order chi connectivity index (χ1) is 8.24. The lowest BCUT2D eigenvalue weighted by Gasteiger charge is -2.31. The lowest BCUT2D eigenvalue weighted by Crippen LogP contribution is -2.43. The van der Waals surface area contributed by atoms with Gasteiger partial charge in [0.25, 0.3) is 0 Å². The number of amides is 1. The van der Waals surface area contributed by atoms with Crippen LogP contribution < -0.4 is 5.73 Å². The van der Waals surface area contributed by atoms with Crippen molar-refractivity contribution in [1.29, 1.82) is 0 Å². The summed E-state index contributed by atoms with van der Waals surface area (Å²) >= 11 is 0. The maximum Gasteiger partial charge on any atom is 0.226 e. The Morgan fingerprint density at radius 1 is 1.17 bits per heavy atom. The fourth-order valence-electron chi connectivity index (χ4n) is 3.46. The van der Waals surface area contributed by atoms with E-state index in [1.165, 1.54) is 32.1 Å². The van der Waals surface area contributed by atoms with E-state index in [4.69, 9.17) is 5.73 Å². The van der Waals surface area contributed by atoms with Crippen LogP contribution in [0.3, 0.4) is 0 Å². The Morgan fingerprint density at radius 2 is 1.94 bits per heavy atom. The van der Waals surface area contributed by atoms with E-state index in [0.717, 1.165) is 19.4 Å². The highest BCUT2D eigenvalue weighted by molar-refractivity contribution is 5.85. The van der Waals surface area contributed by atoms with E-state index >= 15 is 0 Å². The number of hydrogen-bond donors (Lipinski definition) is 1. The quantitative estimate of drug-likeness (QED) is 0.841. The summed E-state index contributed by atoms with van der Waals surface area (Å²) in [4.78, 5) is 14.7. The normalized spacial score (nSPS) is 32.8. The topological polar surface area (TPSA) is 46.3 Å². The molecule has 1 unspecified atom stereocenters. The first-order valence-corrected chi connectivity index (χ1v) is 7.24. The van der Waals surface area contributed by atoms with Crippen LogP contribution in [-0.2, 0) is 4.79 Å². The summed E-state index contributed by atoms with van der Waals surface area (Å²) in [7, 11) is 0. The van der Waals surface area contributed by atoms with Crippen molar-refractivity contribution in [2.45, 2.75) is 57.9 Å². The Balaban J connectivity index is 0.00000162. The molecule has 1 amide bonds. The number of nitrogens with two attached hydrogens (primary N) is 1. The van der Waals surface area contributed by atoms with Gasteiger partial charge in [-0.25, -0.2) is 0 Å². The van der Waals surface area contributed by atoms with Gasteiger partial charge in [0, 0.05) is 18.5 Å². The van der Waals surface area contributed by atoms with Crippen LogP contribution in [0.2, 0.25) is 0 Å². The molecule has 3 atom stereocenters. The molecule has 0 aromatic carbocycles. The van der Waals surface area contributed by atoms with Crippen molar-refractivity contribution < 1.29 is 4.79 Å². The molecule has 1 aliphatic heterocycles. The predicted octanol–water partition coefficient (Wildman–Crippen LogP) is 2.57. The van der Waals surface area contributed by atoms with Gasteiger partial charge < -0.3 is 10.6 Å². The number of nitrogens with zero attached hydrogens (tertiary/aromatic N) is 1. The molecule has 2 aliphatic rings. The van der Waals surface area contributed by atoms with E-state index < -0.39 is 0 Å². The third kappa shape index (κ3) is 3.39. The third-order valence-electron chi connectivity index (χ3n) is 4.62. The van der Waals surface area contributed by atoms with Gasteiger partial charge in [0.1, 0.15) is 0 Å². The maximum atomic E-state index is 12.6. The van der Waals surface area contributed by atoms with Gasteiger partial charge >= 0.3 is 0 Å². The van der Waals surface area contributed by atoms with Crippen LogP contribution in [0, 0.1) is 11.8 Å². The Kier molecular flexibility index (Phi) is 6.44. The van der Waals surface area contributed by atoms with Gasteiger partial charge in [0.15, 0.2) is 0 Å². The minimum absolute atomic E-state index is 0. The second-order valence-corrected chi connectivity index (χ2v) is 5.76. The van der Waals surface area contributed by atoms with Crippen molar-refractivity contribution in [3.63, 3.8) is 0 Å². The average Bonchev–Trinajstić information content (AvgIpc) is 2.71. The largest absolute Gasteiger partial charge is 0.340 e. The molecule has 0 spiro atoms. The summed E-state index contributed by atoms with van der Waals surface area (Å²) in [6, 6.07) is 0.434. The molecule has 4 heteroatoms. The maximum absolute atomic E-state index is 12.6. The first-order valence-electron chi connectivity index (χ1n) is 7.24. The smallest absolute Gasteiger partial charge is 0.226 e. The van der Waals surface area contributed by atoms with Crippen LogP contribution in [0.15, 0.2) is 0 Å². The van der Waals surface area contributed by atoms with E-state index in [-0.39, 0.29) is 18.3 Å². The lowest BCUT2D eigenvalue weighted by molar-refractivity contribution is -0.138. The molecule has 1 heterocycles. The lowest BCUT2D eigenvalue weighted by atomic mass is 9.94. The van der Waals surface area contributed by atoms with Crippen molar-refractivity contribution >= 4 is 18.3 Å². The van der Waals surface area contributed by atoms with E-state index in [0.29, 0.717) is 24.4 Å². The van der Waals surface area contributed by atoms with Crippen molar-refractivity contribution in [3.05, 3.63) is 0 Å². The standard InChI is InChI=1S/C14H26N2O.ClH/c1-11-6-3-2-4-9-16(11)14(17)13-8-5-7-12(13)10-15;/h11-13H,2-10,15H2,1H3;1H/t11?,12-,13-;/m1./s1. The second-order valence-electron chi connectivity index (χ2n) is 5.76. The van der Waals surface area contributed by atoms with Crippen molar-refractivity contribution in [1.82, 2.24) is 4.90 Å². The van der Waals surface area contributed by atoms with Crippen molar-refractivity contribution in [2.75, 3.05) is 13.1 Å².